The summed E-state index contributed by atoms with van der Waals surface area (Å²) < 4.78 is 5.21. The Morgan fingerprint density at radius 3 is 3.00 bits per heavy atom. The van der Waals surface area contributed by atoms with Crippen molar-refractivity contribution in [3.05, 3.63) is 18.2 Å². The van der Waals surface area contributed by atoms with Crippen LogP contribution in [-0.2, 0) is 4.74 Å². The maximum Gasteiger partial charge on any atom is 0.358 e. The third kappa shape index (κ3) is 1.88. The van der Waals surface area contributed by atoms with Crippen LogP contribution in [0.15, 0.2) is 6.20 Å². The summed E-state index contributed by atoms with van der Waals surface area (Å²) in [5.74, 6) is -0.343. The van der Waals surface area contributed by atoms with E-state index >= 15 is 0 Å². The van der Waals surface area contributed by atoms with Crippen LogP contribution in [0.4, 0.5) is 0 Å². The first kappa shape index (κ1) is 8.29. The van der Waals surface area contributed by atoms with E-state index in [1.807, 2.05) is 0 Å². The van der Waals surface area contributed by atoms with E-state index in [1.54, 1.807) is 0 Å². The van der Waals surface area contributed by atoms with Crippen molar-refractivity contribution in [2.45, 2.75) is 31.8 Å². The number of hydrogen-bond acceptors (Lipinski definition) is 3. The minimum Gasteiger partial charge on any atom is -0.458 e. The zero-order valence-electron chi connectivity index (χ0n) is 7.25. The van der Waals surface area contributed by atoms with Gasteiger partial charge in [-0.15, -0.1) is 0 Å². The summed E-state index contributed by atoms with van der Waals surface area (Å²) in [7, 11) is 0. The first-order valence-corrected chi connectivity index (χ1v) is 4.49. The van der Waals surface area contributed by atoms with Crippen LogP contribution in [0.2, 0.25) is 0 Å². The molecular formula is C9H11N2O2. The second kappa shape index (κ2) is 3.60. The Morgan fingerprint density at radius 2 is 2.38 bits per heavy atom. The third-order valence-electron chi connectivity index (χ3n) is 2.23. The molecule has 0 aliphatic heterocycles. The second-order valence-corrected chi connectivity index (χ2v) is 3.21. The molecule has 0 saturated heterocycles. The van der Waals surface area contributed by atoms with Crippen molar-refractivity contribution >= 4 is 5.97 Å². The molecule has 0 spiro atoms. The zero-order valence-corrected chi connectivity index (χ0v) is 7.25. The number of imidazole rings is 1. The van der Waals surface area contributed by atoms with Gasteiger partial charge in [0.05, 0.1) is 0 Å². The smallest absolute Gasteiger partial charge is 0.358 e. The Hall–Kier alpha value is -1.32. The molecule has 0 aromatic carbocycles. The summed E-state index contributed by atoms with van der Waals surface area (Å²) >= 11 is 0. The summed E-state index contributed by atoms with van der Waals surface area (Å²) in [6.07, 6.45) is 8.34. The van der Waals surface area contributed by atoms with Crippen LogP contribution in [0.1, 0.15) is 36.2 Å². The van der Waals surface area contributed by atoms with E-state index in [1.165, 1.54) is 6.20 Å². The average molecular weight is 179 g/mol. The number of hydrogen-bond donors (Lipinski definition) is 1. The fourth-order valence-electron chi connectivity index (χ4n) is 1.55. The summed E-state index contributed by atoms with van der Waals surface area (Å²) in [5, 5.41) is 0. The van der Waals surface area contributed by atoms with E-state index in [9.17, 15) is 4.79 Å². The number of carbonyl (C=O) groups is 1. The Bertz CT molecular complexity index is 276. The van der Waals surface area contributed by atoms with Crippen molar-refractivity contribution in [1.82, 2.24) is 9.97 Å². The summed E-state index contributed by atoms with van der Waals surface area (Å²) in [6, 6.07) is 0. The number of nitrogens with zero attached hydrogens (tertiary/aromatic N) is 1. The molecule has 1 fully saturated rings. The molecule has 0 amide bonds. The molecule has 1 N–H and O–H groups in total. The van der Waals surface area contributed by atoms with E-state index in [0.29, 0.717) is 5.69 Å². The fourth-order valence-corrected chi connectivity index (χ4v) is 1.55. The van der Waals surface area contributed by atoms with Gasteiger partial charge in [0, 0.05) is 6.20 Å². The van der Waals surface area contributed by atoms with Gasteiger partial charge in [-0.05, 0) is 25.7 Å². The van der Waals surface area contributed by atoms with Crippen LogP contribution in [0, 0.1) is 6.33 Å². The van der Waals surface area contributed by atoms with Crippen LogP contribution >= 0.6 is 0 Å². The standard InChI is InChI=1S/C9H11N2O2/c12-9(8-5-10-6-11-8)13-7-3-1-2-4-7/h5,7H,1-4H2,(H,10,11). The largest absolute Gasteiger partial charge is 0.458 e. The first-order valence-electron chi connectivity index (χ1n) is 4.49. The average Bonchev–Trinajstić information content (AvgIpc) is 2.74. The quantitative estimate of drug-likeness (QED) is 0.696. The fraction of sp³-hybridized carbons (Fsp3) is 0.556. The molecule has 1 radical (unpaired) electrons. The Kier molecular flexibility index (Phi) is 2.29. The lowest BCUT2D eigenvalue weighted by molar-refractivity contribution is 0.0311. The number of nitrogens with one attached hydrogen (secondary N) is 1. The lowest BCUT2D eigenvalue weighted by Gasteiger charge is -2.08. The molecule has 0 unspecified atom stereocenters. The lowest BCUT2D eigenvalue weighted by Crippen LogP contribution is -2.14. The highest BCUT2D eigenvalue weighted by molar-refractivity contribution is 5.86. The summed E-state index contributed by atoms with van der Waals surface area (Å²) in [4.78, 5) is 17.6. The van der Waals surface area contributed by atoms with Crippen LogP contribution in [0.25, 0.3) is 0 Å². The molecular weight excluding hydrogens is 168 g/mol. The molecule has 0 atom stereocenters. The van der Waals surface area contributed by atoms with E-state index in [4.69, 9.17) is 4.74 Å². The van der Waals surface area contributed by atoms with E-state index in [0.717, 1.165) is 25.7 Å². The molecule has 2 rings (SSSR count). The Balaban J connectivity index is 1.91. The van der Waals surface area contributed by atoms with Gasteiger partial charge >= 0.3 is 5.97 Å². The minimum atomic E-state index is -0.343. The van der Waals surface area contributed by atoms with Gasteiger partial charge in [-0.2, -0.15) is 0 Å². The van der Waals surface area contributed by atoms with Crippen molar-refractivity contribution in [2.24, 2.45) is 0 Å². The molecule has 4 heteroatoms. The summed E-state index contributed by atoms with van der Waals surface area (Å²) in [5.41, 5.74) is 0.312. The third-order valence-corrected chi connectivity index (χ3v) is 2.23. The van der Waals surface area contributed by atoms with Crippen molar-refractivity contribution in [3.8, 4) is 0 Å². The maximum atomic E-state index is 11.3. The van der Waals surface area contributed by atoms with Gasteiger partial charge < -0.3 is 9.72 Å². The van der Waals surface area contributed by atoms with Crippen LogP contribution in [0.3, 0.4) is 0 Å². The maximum absolute atomic E-state index is 11.3. The highest BCUT2D eigenvalue weighted by Crippen LogP contribution is 2.21. The van der Waals surface area contributed by atoms with E-state index < -0.39 is 0 Å². The normalized spacial score (nSPS) is 17.5. The Labute approximate surface area is 76.3 Å². The molecule has 1 aromatic heterocycles. The lowest BCUT2D eigenvalue weighted by atomic mass is 10.3. The van der Waals surface area contributed by atoms with Gasteiger partial charge in [0.15, 0.2) is 12.0 Å². The number of esters is 1. The van der Waals surface area contributed by atoms with Gasteiger partial charge in [0.2, 0.25) is 0 Å². The Morgan fingerprint density at radius 1 is 1.62 bits per heavy atom. The predicted molar refractivity (Wildman–Crippen MR) is 45.1 cm³/mol. The van der Waals surface area contributed by atoms with Crippen molar-refractivity contribution in [1.29, 1.82) is 0 Å². The molecule has 0 bridgehead atoms. The number of rotatable bonds is 2. The number of carbonyl (C=O) groups excluding carboxylic acids is 1. The van der Waals surface area contributed by atoms with Crippen molar-refractivity contribution in [2.75, 3.05) is 0 Å². The second-order valence-electron chi connectivity index (χ2n) is 3.21. The molecule has 1 aliphatic rings. The predicted octanol–water partition coefficient (Wildman–Crippen LogP) is 1.31. The van der Waals surface area contributed by atoms with Gasteiger partial charge in [0.25, 0.3) is 0 Å². The number of ether oxygens (including phenoxy) is 1. The highest BCUT2D eigenvalue weighted by Gasteiger charge is 2.20. The molecule has 4 nitrogen and oxygen atoms in total. The van der Waals surface area contributed by atoms with Gasteiger partial charge in [-0.3, -0.25) is 0 Å². The number of aromatic nitrogens is 2. The van der Waals surface area contributed by atoms with Crippen molar-refractivity contribution < 1.29 is 9.53 Å². The van der Waals surface area contributed by atoms with E-state index in [2.05, 4.69) is 16.3 Å². The van der Waals surface area contributed by atoms with E-state index in [-0.39, 0.29) is 12.1 Å². The minimum absolute atomic E-state index is 0.101. The van der Waals surface area contributed by atoms with Crippen LogP contribution in [-0.4, -0.2) is 22.0 Å². The van der Waals surface area contributed by atoms with Gasteiger partial charge in [-0.25, -0.2) is 9.78 Å². The monoisotopic (exact) mass is 179 g/mol. The molecule has 1 aromatic rings. The molecule has 1 aliphatic carbocycles. The summed E-state index contributed by atoms with van der Waals surface area (Å²) in [6.45, 7) is 0. The van der Waals surface area contributed by atoms with Crippen LogP contribution < -0.4 is 0 Å². The SMILES string of the molecule is O=C(OC1CCCC1)c1c[nH][c]n1. The highest BCUT2D eigenvalue weighted by atomic mass is 16.5. The molecule has 1 saturated carbocycles. The number of aromatic amines is 1. The van der Waals surface area contributed by atoms with Gasteiger partial charge in [-0.1, -0.05) is 0 Å². The number of H-pyrrole nitrogens is 1. The van der Waals surface area contributed by atoms with Gasteiger partial charge in [0.1, 0.15) is 6.10 Å². The molecule has 1 heterocycles. The first-order chi connectivity index (χ1) is 6.36. The topological polar surface area (TPSA) is 55.0 Å². The van der Waals surface area contributed by atoms with Crippen LogP contribution in [0.5, 0.6) is 0 Å². The molecule has 69 valence electrons. The zero-order chi connectivity index (χ0) is 9.10. The molecule has 13 heavy (non-hydrogen) atoms. The van der Waals surface area contributed by atoms with Crippen molar-refractivity contribution in [3.63, 3.8) is 0 Å².